The van der Waals surface area contributed by atoms with Crippen LogP contribution in [0, 0.1) is 0 Å². The molecule has 1 aromatic heterocycles. The quantitative estimate of drug-likeness (QED) is 0.215. The van der Waals surface area contributed by atoms with Crippen molar-refractivity contribution in [3.05, 3.63) is 143 Å². The lowest BCUT2D eigenvalue weighted by Gasteiger charge is -2.37. The van der Waals surface area contributed by atoms with Crippen molar-refractivity contribution in [2.45, 2.75) is 50.7 Å². The van der Waals surface area contributed by atoms with E-state index in [1.54, 1.807) is 5.57 Å². The van der Waals surface area contributed by atoms with Gasteiger partial charge in [0.25, 0.3) is 5.91 Å². The van der Waals surface area contributed by atoms with Gasteiger partial charge in [0.1, 0.15) is 5.82 Å². The molecule has 2 N–H and O–H groups in total. The average Bonchev–Trinajstić information content (AvgIpc) is 3.56. The molecule has 2 unspecified atom stereocenters. The predicted octanol–water partition coefficient (Wildman–Crippen LogP) is 7.16. The molecule has 1 amide bonds. The Hall–Kier alpha value is -4.48. The second kappa shape index (κ2) is 11.8. The number of nitrogens with zero attached hydrogens (tertiary/aromatic N) is 2. The van der Waals surface area contributed by atoms with Crippen LogP contribution in [-0.2, 0) is 13.0 Å². The number of aromatic amines is 1. The smallest absolute Gasteiger partial charge is 0.251 e. The molecule has 5 aromatic rings. The summed E-state index contributed by atoms with van der Waals surface area (Å²) in [5, 5.41) is 3.02. The van der Waals surface area contributed by atoms with Gasteiger partial charge in [-0.3, -0.25) is 9.69 Å². The van der Waals surface area contributed by atoms with E-state index in [0.29, 0.717) is 24.2 Å². The molecule has 2 fully saturated rings. The third kappa shape index (κ3) is 5.53. The van der Waals surface area contributed by atoms with Crippen LogP contribution in [0.4, 0.5) is 0 Å². The summed E-state index contributed by atoms with van der Waals surface area (Å²) in [6.07, 6.45) is 5.87. The topological polar surface area (TPSA) is 61.0 Å². The summed E-state index contributed by atoms with van der Waals surface area (Å²) in [7, 11) is 0. The maximum absolute atomic E-state index is 13.0. The summed E-state index contributed by atoms with van der Waals surface area (Å²) >= 11 is 0. The molecule has 5 heteroatoms. The van der Waals surface area contributed by atoms with Gasteiger partial charge < -0.3 is 10.3 Å². The molecular formula is C37H36N4O. The molecule has 5 nitrogen and oxygen atoms in total. The molecule has 3 heterocycles. The van der Waals surface area contributed by atoms with E-state index in [0.717, 1.165) is 42.7 Å². The molecule has 0 aliphatic carbocycles. The first-order chi connectivity index (χ1) is 20.7. The molecular weight excluding hydrogens is 516 g/mol. The first-order valence-corrected chi connectivity index (χ1v) is 15.1. The summed E-state index contributed by atoms with van der Waals surface area (Å²) in [6, 6.07) is 38.9. The van der Waals surface area contributed by atoms with Crippen LogP contribution in [0.15, 0.2) is 115 Å². The number of imidazole rings is 1. The number of hydrogen-bond donors (Lipinski definition) is 2. The van der Waals surface area contributed by atoms with Crippen molar-refractivity contribution in [2.24, 2.45) is 0 Å². The largest absolute Gasteiger partial charge is 0.345 e. The van der Waals surface area contributed by atoms with Crippen molar-refractivity contribution in [3.8, 4) is 0 Å². The number of hydrogen-bond acceptors (Lipinski definition) is 3. The minimum atomic E-state index is -0.0966. The van der Waals surface area contributed by atoms with Crippen LogP contribution in [0.5, 0.6) is 0 Å². The van der Waals surface area contributed by atoms with Gasteiger partial charge in [-0.2, -0.15) is 0 Å². The number of aromatic nitrogens is 2. The third-order valence-electron chi connectivity index (χ3n) is 8.94. The van der Waals surface area contributed by atoms with Gasteiger partial charge in [-0.25, -0.2) is 4.98 Å². The van der Waals surface area contributed by atoms with Crippen LogP contribution in [0.3, 0.4) is 0 Å². The van der Waals surface area contributed by atoms with E-state index in [-0.39, 0.29) is 5.91 Å². The van der Waals surface area contributed by atoms with E-state index < -0.39 is 0 Å². The van der Waals surface area contributed by atoms with E-state index in [2.05, 4.69) is 93.0 Å². The highest BCUT2D eigenvalue weighted by molar-refractivity contribution is 5.95. The number of rotatable bonds is 8. The van der Waals surface area contributed by atoms with E-state index in [1.807, 2.05) is 36.4 Å². The van der Waals surface area contributed by atoms with Crippen LogP contribution in [0.1, 0.15) is 58.6 Å². The van der Waals surface area contributed by atoms with Gasteiger partial charge in [0.2, 0.25) is 0 Å². The highest BCUT2D eigenvalue weighted by atomic mass is 16.1. The second-order valence-electron chi connectivity index (χ2n) is 11.6. The number of H-pyrrole nitrogens is 1. The first kappa shape index (κ1) is 26.4. The van der Waals surface area contributed by atoms with Crippen LogP contribution >= 0.6 is 0 Å². The molecule has 0 spiro atoms. The SMILES string of the molecule is O=C(NCc1nc2ccccc2[nH]1)c1ccc(C(=C2CC3CCC(C2)N3CCc2ccccc2)c2ccccc2)cc1. The van der Waals surface area contributed by atoms with Crippen LogP contribution in [-0.4, -0.2) is 39.4 Å². The highest BCUT2D eigenvalue weighted by Crippen LogP contribution is 2.43. The summed E-state index contributed by atoms with van der Waals surface area (Å²) in [6.45, 7) is 1.49. The summed E-state index contributed by atoms with van der Waals surface area (Å²) < 4.78 is 0. The molecule has 2 bridgehead atoms. The standard InChI is InChI=1S/C37H36N4O/c42-37(38-25-35-39-33-13-7-8-14-34(33)40-35)29-17-15-28(16-18-29)36(27-11-5-2-6-12-27)30-23-31-19-20-32(24-30)41(31)22-21-26-9-3-1-4-10-26/h1-18,31-32H,19-25H2,(H,38,42)(H,39,40). The van der Waals surface area contributed by atoms with Gasteiger partial charge in [-0.1, -0.05) is 90.5 Å². The van der Waals surface area contributed by atoms with Gasteiger partial charge in [0.05, 0.1) is 17.6 Å². The van der Waals surface area contributed by atoms with E-state index >= 15 is 0 Å². The molecule has 7 rings (SSSR count). The number of amides is 1. The van der Waals surface area contributed by atoms with Crippen LogP contribution in [0.25, 0.3) is 16.6 Å². The number of piperidine rings is 1. The molecule has 42 heavy (non-hydrogen) atoms. The maximum Gasteiger partial charge on any atom is 0.251 e. The van der Waals surface area contributed by atoms with Crippen molar-refractivity contribution < 1.29 is 4.79 Å². The van der Waals surface area contributed by atoms with Crippen LogP contribution in [0.2, 0.25) is 0 Å². The predicted molar refractivity (Wildman–Crippen MR) is 169 cm³/mol. The van der Waals surface area contributed by atoms with Gasteiger partial charge in [-0.15, -0.1) is 0 Å². The fourth-order valence-electron chi connectivity index (χ4n) is 6.90. The second-order valence-corrected chi connectivity index (χ2v) is 11.6. The van der Waals surface area contributed by atoms with Gasteiger partial charge in [0.15, 0.2) is 0 Å². The normalized spacial score (nSPS) is 18.3. The molecule has 0 saturated carbocycles. The number of nitrogens with one attached hydrogen (secondary N) is 2. The lowest BCUT2D eigenvalue weighted by molar-refractivity contribution is 0.0950. The number of carbonyl (C=O) groups excluding carboxylic acids is 1. The minimum Gasteiger partial charge on any atom is -0.345 e. The Morgan fingerprint density at radius 3 is 2.10 bits per heavy atom. The van der Waals surface area contributed by atoms with Gasteiger partial charge in [-0.05, 0) is 78.6 Å². The molecule has 210 valence electrons. The Balaban J connectivity index is 1.09. The lowest BCUT2D eigenvalue weighted by Crippen LogP contribution is -2.41. The van der Waals surface area contributed by atoms with Crippen molar-refractivity contribution in [1.29, 1.82) is 0 Å². The van der Waals surface area contributed by atoms with Crippen molar-refractivity contribution in [1.82, 2.24) is 20.2 Å². The first-order valence-electron chi connectivity index (χ1n) is 15.1. The Bertz CT molecular complexity index is 1660. The number of para-hydroxylation sites is 2. The summed E-state index contributed by atoms with van der Waals surface area (Å²) in [4.78, 5) is 23.6. The summed E-state index contributed by atoms with van der Waals surface area (Å²) in [5.41, 5.74) is 9.28. The molecule has 2 saturated heterocycles. The van der Waals surface area contributed by atoms with Gasteiger partial charge >= 0.3 is 0 Å². The number of fused-ring (bicyclic) bond motifs is 3. The van der Waals surface area contributed by atoms with Crippen molar-refractivity contribution in [3.63, 3.8) is 0 Å². The zero-order valence-electron chi connectivity index (χ0n) is 23.8. The molecule has 0 radical (unpaired) electrons. The monoisotopic (exact) mass is 552 g/mol. The number of benzene rings is 4. The highest BCUT2D eigenvalue weighted by Gasteiger charge is 2.39. The zero-order chi connectivity index (χ0) is 28.3. The molecule has 2 aliphatic rings. The summed E-state index contributed by atoms with van der Waals surface area (Å²) in [5.74, 6) is 0.655. The van der Waals surface area contributed by atoms with Gasteiger partial charge in [0, 0.05) is 24.2 Å². The Labute approximate surface area is 247 Å². The minimum absolute atomic E-state index is 0.0966. The fraction of sp³-hybridized carbons (Fsp3) is 0.243. The molecule has 4 aromatic carbocycles. The zero-order valence-corrected chi connectivity index (χ0v) is 23.8. The maximum atomic E-state index is 13.0. The fourth-order valence-corrected chi connectivity index (χ4v) is 6.90. The average molecular weight is 553 g/mol. The van der Waals surface area contributed by atoms with Crippen molar-refractivity contribution in [2.75, 3.05) is 6.54 Å². The molecule has 2 aliphatic heterocycles. The van der Waals surface area contributed by atoms with Crippen LogP contribution < -0.4 is 5.32 Å². The Kier molecular flexibility index (Phi) is 7.42. The van der Waals surface area contributed by atoms with E-state index in [1.165, 1.54) is 35.1 Å². The van der Waals surface area contributed by atoms with E-state index in [4.69, 9.17) is 0 Å². The van der Waals surface area contributed by atoms with Crippen molar-refractivity contribution >= 4 is 22.5 Å². The molecule has 2 atom stereocenters. The Morgan fingerprint density at radius 2 is 1.38 bits per heavy atom. The third-order valence-corrected chi connectivity index (χ3v) is 8.94. The Morgan fingerprint density at radius 1 is 0.762 bits per heavy atom. The van der Waals surface area contributed by atoms with E-state index in [9.17, 15) is 4.79 Å². The number of carbonyl (C=O) groups is 1. The lowest BCUT2D eigenvalue weighted by atomic mass is 9.85.